The van der Waals surface area contributed by atoms with Gasteiger partial charge in [0.2, 0.25) is 5.95 Å². The number of carbonyl (C=O) groups is 2. The molecule has 2 aromatic heterocycles. The van der Waals surface area contributed by atoms with Crippen molar-refractivity contribution >= 4 is 17.8 Å². The molecular weight excluding hydrogens is 346 g/mol. The number of nitrogens with zero attached hydrogens (tertiary/aromatic N) is 5. The van der Waals surface area contributed by atoms with Gasteiger partial charge in [-0.2, -0.15) is 0 Å². The van der Waals surface area contributed by atoms with Gasteiger partial charge in [-0.15, -0.1) is 0 Å². The van der Waals surface area contributed by atoms with E-state index in [4.69, 9.17) is 4.74 Å². The molecule has 2 aliphatic heterocycles. The minimum atomic E-state index is -0.770. The Morgan fingerprint density at radius 2 is 1.93 bits per heavy atom. The Bertz CT molecular complexity index is 875. The van der Waals surface area contributed by atoms with Crippen LogP contribution in [0.4, 0.5) is 5.95 Å². The first-order valence-corrected chi connectivity index (χ1v) is 8.87. The molecule has 2 atom stereocenters. The van der Waals surface area contributed by atoms with Gasteiger partial charge in [-0.25, -0.2) is 15.0 Å². The molecule has 0 N–H and O–H groups in total. The van der Waals surface area contributed by atoms with E-state index in [1.165, 1.54) is 7.11 Å². The summed E-state index contributed by atoms with van der Waals surface area (Å²) in [5.74, 6) is 0.105. The van der Waals surface area contributed by atoms with Gasteiger partial charge in [0, 0.05) is 50.2 Å². The van der Waals surface area contributed by atoms with E-state index < -0.39 is 5.41 Å². The molecule has 0 saturated carbocycles. The number of aromatic nitrogens is 3. The van der Waals surface area contributed by atoms with Gasteiger partial charge >= 0.3 is 5.97 Å². The van der Waals surface area contributed by atoms with E-state index in [9.17, 15) is 9.59 Å². The van der Waals surface area contributed by atoms with Gasteiger partial charge in [0.05, 0.1) is 7.11 Å². The maximum Gasteiger partial charge on any atom is 0.315 e. The zero-order chi connectivity index (χ0) is 19.0. The molecule has 0 aliphatic carbocycles. The van der Waals surface area contributed by atoms with Gasteiger partial charge in [0.25, 0.3) is 5.91 Å². The number of hydrogen-bond donors (Lipinski definition) is 0. The Balaban J connectivity index is 1.59. The highest BCUT2D eigenvalue weighted by Gasteiger charge is 2.59. The molecule has 8 heteroatoms. The fraction of sp³-hybridized carbons (Fsp3) is 0.421. The number of carbonyl (C=O) groups excluding carboxylic acids is 2. The predicted molar refractivity (Wildman–Crippen MR) is 97.1 cm³/mol. The number of esters is 1. The maximum atomic E-state index is 12.9. The van der Waals surface area contributed by atoms with Gasteiger partial charge in [-0.3, -0.25) is 9.59 Å². The average Bonchev–Trinajstić information content (AvgIpc) is 3.23. The largest absolute Gasteiger partial charge is 0.468 e. The van der Waals surface area contributed by atoms with Crippen LogP contribution < -0.4 is 4.90 Å². The second kappa shape index (κ2) is 6.61. The lowest BCUT2D eigenvalue weighted by molar-refractivity contribution is -0.152. The Kier molecular flexibility index (Phi) is 4.25. The van der Waals surface area contributed by atoms with Crippen LogP contribution in [0.5, 0.6) is 0 Å². The summed E-state index contributed by atoms with van der Waals surface area (Å²) >= 11 is 0. The SMILES string of the molecule is COC(=O)[C@@]12CN(C(=O)c3cccc(C)n3)C[C@@H]1CN(c1ncccn1)C2. The van der Waals surface area contributed by atoms with Crippen LogP contribution in [0, 0.1) is 18.3 Å². The van der Waals surface area contributed by atoms with Crippen molar-refractivity contribution in [1.82, 2.24) is 19.9 Å². The minimum absolute atomic E-state index is 0.0393. The van der Waals surface area contributed by atoms with E-state index in [1.54, 1.807) is 29.4 Å². The van der Waals surface area contributed by atoms with Gasteiger partial charge in [-0.1, -0.05) is 6.07 Å². The van der Waals surface area contributed by atoms with Crippen molar-refractivity contribution in [3.05, 3.63) is 48.0 Å². The van der Waals surface area contributed by atoms with Gasteiger partial charge in [0.15, 0.2) is 0 Å². The summed E-state index contributed by atoms with van der Waals surface area (Å²) in [7, 11) is 1.39. The molecule has 4 heterocycles. The van der Waals surface area contributed by atoms with Gasteiger partial charge < -0.3 is 14.5 Å². The van der Waals surface area contributed by atoms with Crippen LogP contribution in [-0.4, -0.2) is 65.0 Å². The first kappa shape index (κ1) is 17.4. The average molecular weight is 367 g/mol. The second-order valence-corrected chi connectivity index (χ2v) is 7.12. The van der Waals surface area contributed by atoms with Crippen LogP contribution in [0.3, 0.4) is 0 Å². The molecule has 140 valence electrons. The van der Waals surface area contributed by atoms with Crippen molar-refractivity contribution in [2.75, 3.05) is 38.2 Å². The summed E-state index contributed by atoms with van der Waals surface area (Å²) in [5, 5.41) is 0. The molecule has 0 spiro atoms. The summed E-state index contributed by atoms with van der Waals surface area (Å²) < 4.78 is 5.12. The van der Waals surface area contributed by atoms with Crippen LogP contribution in [0.2, 0.25) is 0 Å². The quantitative estimate of drug-likeness (QED) is 0.746. The summed E-state index contributed by atoms with van der Waals surface area (Å²) in [5.41, 5.74) is 0.418. The molecule has 0 radical (unpaired) electrons. The normalized spacial score (nSPS) is 24.0. The van der Waals surface area contributed by atoms with Crippen molar-refractivity contribution in [2.24, 2.45) is 11.3 Å². The number of aryl methyl sites for hydroxylation is 1. The van der Waals surface area contributed by atoms with E-state index in [1.807, 2.05) is 24.0 Å². The summed E-state index contributed by atoms with van der Waals surface area (Å²) in [4.78, 5) is 42.2. The third-order valence-electron chi connectivity index (χ3n) is 5.43. The highest BCUT2D eigenvalue weighted by molar-refractivity contribution is 5.93. The van der Waals surface area contributed by atoms with Crippen LogP contribution in [-0.2, 0) is 9.53 Å². The third kappa shape index (κ3) is 2.90. The van der Waals surface area contributed by atoms with Gasteiger partial charge in [0.1, 0.15) is 11.1 Å². The molecule has 2 fully saturated rings. The fourth-order valence-corrected chi connectivity index (χ4v) is 4.14. The molecule has 1 amide bonds. The number of likely N-dealkylation sites (tertiary alicyclic amines) is 1. The Morgan fingerprint density at radius 1 is 1.15 bits per heavy atom. The molecule has 2 aliphatic rings. The molecule has 27 heavy (non-hydrogen) atoms. The van der Waals surface area contributed by atoms with Crippen molar-refractivity contribution in [3.8, 4) is 0 Å². The highest BCUT2D eigenvalue weighted by Crippen LogP contribution is 2.44. The van der Waals surface area contributed by atoms with Crippen LogP contribution in [0.15, 0.2) is 36.7 Å². The van der Waals surface area contributed by atoms with Crippen LogP contribution >= 0.6 is 0 Å². The maximum absolute atomic E-state index is 12.9. The minimum Gasteiger partial charge on any atom is -0.468 e. The summed E-state index contributed by atoms with van der Waals surface area (Å²) in [6.07, 6.45) is 3.36. The summed E-state index contributed by atoms with van der Waals surface area (Å²) in [6.45, 7) is 3.67. The Morgan fingerprint density at radius 3 is 2.63 bits per heavy atom. The molecule has 0 unspecified atom stereocenters. The molecule has 2 aromatic rings. The van der Waals surface area contributed by atoms with Crippen molar-refractivity contribution in [3.63, 3.8) is 0 Å². The molecule has 4 rings (SSSR count). The fourth-order valence-electron chi connectivity index (χ4n) is 4.14. The number of hydrogen-bond acceptors (Lipinski definition) is 7. The second-order valence-electron chi connectivity index (χ2n) is 7.12. The zero-order valence-electron chi connectivity index (χ0n) is 15.3. The van der Waals surface area contributed by atoms with Crippen molar-refractivity contribution in [1.29, 1.82) is 0 Å². The lowest BCUT2D eigenvalue weighted by Gasteiger charge is -2.26. The van der Waals surface area contributed by atoms with Crippen LogP contribution in [0.1, 0.15) is 16.2 Å². The zero-order valence-corrected chi connectivity index (χ0v) is 15.3. The van der Waals surface area contributed by atoms with Crippen LogP contribution in [0.25, 0.3) is 0 Å². The lowest BCUT2D eigenvalue weighted by Crippen LogP contribution is -2.43. The first-order chi connectivity index (χ1) is 13.0. The molecule has 2 saturated heterocycles. The molecule has 0 aromatic carbocycles. The number of anilines is 1. The third-order valence-corrected chi connectivity index (χ3v) is 5.43. The molecular formula is C19H21N5O3. The van der Waals surface area contributed by atoms with Gasteiger partial charge in [-0.05, 0) is 25.1 Å². The first-order valence-electron chi connectivity index (χ1n) is 8.87. The highest BCUT2D eigenvalue weighted by atomic mass is 16.5. The smallest absolute Gasteiger partial charge is 0.315 e. The van der Waals surface area contributed by atoms with E-state index in [0.29, 0.717) is 37.8 Å². The molecule has 0 bridgehead atoms. The number of pyridine rings is 1. The standard InChI is InChI=1S/C19H21N5O3/c1-13-5-3-6-15(22-13)16(25)23-9-14-10-24(18-20-7-4-8-21-18)12-19(14,11-23)17(26)27-2/h3-8,14H,9-12H2,1-2H3/t14-,19-/m1/s1. The number of rotatable bonds is 3. The van der Waals surface area contributed by atoms with E-state index in [-0.39, 0.29) is 17.8 Å². The summed E-state index contributed by atoms with van der Waals surface area (Å²) in [6, 6.07) is 7.13. The van der Waals surface area contributed by atoms with E-state index in [0.717, 1.165) is 5.69 Å². The number of fused-ring (bicyclic) bond motifs is 1. The predicted octanol–water partition coefficient (Wildman–Crippen LogP) is 0.932. The van der Waals surface area contributed by atoms with Crippen molar-refractivity contribution in [2.45, 2.75) is 6.92 Å². The molecule has 8 nitrogen and oxygen atoms in total. The van der Waals surface area contributed by atoms with Crippen molar-refractivity contribution < 1.29 is 14.3 Å². The number of methoxy groups -OCH3 is 1. The topological polar surface area (TPSA) is 88.5 Å². The van der Waals surface area contributed by atoms with E-state index >= 15 is 0 Å². The van der Waals surface area contributed by atoms with E-state index in [2.05, 4.69) is 15.0 Å². The number of amides is 1. The number of ether oxygens (including phenoxy) is 1. The Labute approximate surface area is 157 Å². The monoisotopic (exact) mass is 367 g/mol. The Hall–Kier alpha value is -3.03. The lowest BCUT2D eigenvalue weighted by atomic mass is 9.81.